The molecule has 10 aromatic rings. The Labute approximate surface area is 330 Å². The molecule has 0 radical (unpaired) electrons. The minimum absolute atomic E-state index is 0.173. The average molecular weight is 733 g/mol. The van der Waals surface area contributed by atoms with Crippen molar-refractivity contribution in [3.63, 3.8) is 0 Å². The van der Waals surface area contributed by atoms with Crippen molar-refractivity contribution in [2.75, 3.05) is 0 Å². The first-order valence-corrected chi connectivity index (χ1v) is 19.4. The first kappa shape index (κ1) is 33.1. The maximum atomic E-state index is 6.20. The van der Waals surface area contributed by atoms with Crippen molar-refractivity contribution < 1.29 is 8.83 Å². The molecule has 11 rings (SSSR count). The fourth-order valence-corrected chi connectivity index (χ4v) is 8.51. The van der Waals surface area contributed by atoms with Crippen molar-refractivity contribution in [2.24, 2.45) is 0 Å². The van der Waals surface area contributed by atoms with Gasteiger partial charge in [-0.15, -0.1) is 0 Å². The fourth-order valence-electron chi connectivity index (χ4n) is 8.51. The normalized spacial score (nSPS) is 12.9. The first-order chi connectivity index (χ1) is 27.9. The van der Waals surface area contributed by atoms with Crippen molar-refractivity contribution in [3.8, 4) is 78.5 Å². The largest absolute Gasteiger partial charge is 0.436 e. The average Bonchev–Trinajstić information content (AvgIpc) is 3.97. The lowest BCUT2D eigenvalue weighted by Crippen LogP contribution is -2.15. The van der Waals surface area contributed by atoms with Crippen molar-refractivity contribution >= 4 is 22.2 Å². The van der Waals surface area contributed by atoms with E-state index in [9.17, 15) is 0 Å². The number of fused-ring (bicyclic) bond motifs is 5. The highest BCUT2D eigenvalue weighted by Gasteiger charge is 2.36. The Hall–Kier alpha value is -7.30. The van der Waals surface area contributed by atoms with E-state index in [1.54, 1.807) is 0 Å². The van der Waals surface area contributed by atoms with Crippen LogP contribution in [0.15, 0.2) is 191 Å². The summed E-state index contributed by atoms with van der Waals surface area (Å²) < 4.78 is 12.4. The summed E-state index contributed by atoms with van der Waals surface area (Å²) in [6.07, 6.45) is 0. The minimum atomic E-state index is -0.173. The summed E-state index contributed by atoms with van der Waals surface area (Å²) in [5.41, 5.74) is 19.4. The molecule has 0 aliphatic heterocycles. The summed E-state index contributed by atoms with van der Waals surface area (Å²) in [5.74, 6) is 1.22. The van der Waals surface area contributed by atoms with Gasteiger partial charge in [0.2, 0.25) is 11.8 Å². The Balaban J connectivity index is 1.04. The topological polar surface area (TPSA) is 52.1 Å². The smallest absolute Gasteiger partial charge is 0.227 e. The monoisotopic (exact) mass is 732 g/mol. The lowest BCUT2D eigenvalue weighted by atomic mass is 9.80. The van der Waals surface area contributed by atoms with E-state index in [1.807, 2.05) is 48.5 Å². The third-order valence-electron chi connectivity index (χ3n) is 11.5. The molecule has 8 aromatic carbocycles. The zero-order valence-electron chi connectivity index (χ0n) is 31.5. The standard InChI is InChI=1S/C53H36N2O2/c1-53(2)45-31-36(33-12-4-3-5-13-33)22-24-43(45)44-25-23-37(32-46(44)53)42-29-40(34-14-10-16-38(26-34)51-54-47-18-6-8-20-49(47)56-51)28-41(30-42)35-15-11-17-39(27-35)52-55-48-19-7-9-21-50(48)57-52/h3-32H,1-2H3. The Bertz CT molecular complexity index is 2970. The Kier molecular flexibility index (Phi) is 7.48. The number of aromatic nitrogens is 2. The van der Waals surface area contributed by atoms with Crippen LogP contribution < -0.4 is 0 Å². The maximum Gasteiger partial charge on any atom is 0.227 e. The minimum Gasteiger partial charge on any atom is -0.436 e. The molecule has 270 valence electrons. The third-order valence-corrected chi connectivity index (χ3v) is 11.5. The molecule has 0 fully saturated rings. The van der Waals surface area contributed by atoms with Gasteiger partial charge in [-0.3, -0.25) is 0 Å². The van der Waals surface area contributed by atoms with Crippen LogP contribution in [0.1, 0.15) is 25.0 Å². The lowest BCUT2D eigenvalue weighted by Gasteiger charge is -2.23. The molecule has 0 N–H and O–H groups in total. The summed E-state index contributed by atoms with van der Waals surface area (Å²) in [6.45, 7) is 4.71. The van der Waals surface area contributed by atoms with Crippen molar-refractivity contribution in [2.45, 2.75) is 19.3 Å². The molecule has 1 aliphatic carbocycles. The summed E-state index contributed by atoms with van der Waals surface area (Å²) >= 11 is 0. The highest BCUT2D eigenvalue weighted by molar-refractivity contribution is 5.89. The van der Waals surface area contributed by atoms with E-state index in [-0.39, 0.29) is 5.41 Å². The number of nitrogens with zero attached hydrogens (tertiary/aromatic N) is 2. The van der Waals surface area contributed by atoms with Gasteiger partial charge >= 0.3 is 0 Å². The van der Waals surface area contributed by atoms with Crippen LogP contribution in [0, 0.1) is 0 Å². The zero-order valence-corrected chi connectivity index (χ0v) is 31.5. The molecule has 1 aliphatic rings. The van der Waals surface area contributed by atoms with E-state index < -0.39 is 0 Å². The highest BCUT2D eigenvalue weighted by atomic mass is 16.4. The number of para-hydroxylation sites is 4. The quantitative estimate of drug-likeness (QED) is 0.171. The van der Waals surface area contributed by atoms with E-state index in [0.717, 1.165) is 61.1 Å². The SMILES string of the molecule is CC1(C)c2cc(-c3ccccc3)ccc2-c2ccc(-c3cc(-c4cccc(-c5nc6ccccc6o5)c4)cc(-c4cccc(-c5nc6ccccc6o5)c4)c3)cc21. The predicted molar refractivity (Wildman–Crippen MR) is 232 cm³/mol. The summed E-state index contributed by atoms with van der Waals surface area (Å²) in [7, 11) is 0. The zero-order chi connectivity index (χ0) is 38.1. The molecule has 0 atom stereocenters. The Morgan fingerprint density at radius 1 is 0.333 bits per heavy atom. The molecule has 57 heavy (non-hydrogen) atoms. The highest BCUT2D eigenvalue weighted by Crippen LogP contribution is 2.51. The molecule has 0 unspecified atom stereocenters. The maximum absolute atomic E-state index is 6.20. The molecule has 2 aromatic heterocycles. The second-order valence-corrected chi connectivity index (χ2v) is 15.4. The summed E-state index contributed by atoms with van der Waals surface area (Å²) in [5, 5.41) is 0. The Morgan fingerprint density at radius 3 is 1.21 bits per heavy atom. The van der Waals surface area contributed by atoms with Gasteiger partial charge in [-0.25, -0.2) is 9.97 Å². The number of hydrogen-bond acceptors (Lipinski definition) is 4. The molecule has 0 spiro atoms. The van der Waals surface area contributed by atoms with Crippen LogP contribution in [0.5, 0.6) is 0 Å². The third kappa shape index (κ3) is 5.68. The first-order valence-electron chi connectivity index (χ1n) is 19.4. The predicted octanol–water partition coefficient (Wildman–Crippen LogP) is 14.3. The molecule has 0 bridgehead atoms. The van der Waals surface area contributed by atoms with E-state index in [2.05, 4.69) is 147 Å². The van der Waals surface area contributed by atoms with Gasteiger partial charge in [0.25, 0.3) is 0 Å². The van der Waals surface area contributed by atoms with Gasteiger partial charge in [0.05, 0.1) is 0 Å². The van der Waals surface area contributed by atoms with Gasteiger partial charge in [-0.2, -0.15) is 0 Å². The molecule has 0 saturated carbocycles. The van der Waals surface area contributed by atoms with Gasteiger partial charge in [0.1, 0.15) is 11.0 Å². The number of rotatable bonds is 6. The van der Waals surface area contributed by atoms with Crippen LogP contribution in [0.3, 0.4) is 0 Å². The van der Waals surface area contributed by atoms with E-state index in [0.29, 0.717) is 11.8 Å². The summed E-state index contributed by atoms with van der Waals surface area (Å²) in [4.78, 5) is 9.61. The molecule has 4 nitrogen and oxygen atoms in total. The van der Waals surface area contributed by atoms with Crippen LogP contribution >= 0.6 is 0 Å². The molecular weight excluding hydrogens is 697 g/mol. The molecule has 2 heterocycles. The van der Waals surface area contributed by atoms with Crippen LogP contribution in [-0.2, 0) is 5.41 Å². The number of oxazole rings is 2. The van der Waals surface area contributed by atoms with E-state index >= 15 is 0 Å². The van der Waals surface area contributed by atoms with Crippen LogP contribution in [-0.4, -0.2) is 9.97 Å². The van der Waals surface area contributed by atoms with E-state index in [1.165, 1.54) is 38.9 Å². The molecule has 4 heteroatoms. The van der Waals surface area contributed by atoms with Gasteiger partial charge in [0, 0.05) is 16.5 Å². The van der Waals surface area contributed by atoms with Crippen LogP contribution in [0.4, 0.5) is 0 Å². The van der Waals surface area contributed by atoms with Crippen molar-refractivity contribution in [3.05, 3.63) is 193 Å². The van der Waals surface area contributed by atoms with Gasteiger partial charge in [0.15, 0.2) is 11.2 Å². The summed E-state index contributed by atoms with van der Waals surface area (Å²) in [6, 6.07) is 64.3. The number of benzene rings is 8. The van der Waals surface area contributed by atoms with Gasteiger partial charge in [-0.1, -0.05) is 117 Å². The number of hydrogen-bond donors (Lipinski definition) is 0. The van der Waals surface area contributed by atoms with E-state index in [4.69, 9.17) is 18.8 Å². The van der Waals surface area contributed by atoms with Crippen molar-refractivity contribution in [1.82, 2.24) is 9.97 Å². The van der Waals surface area contributed by atoms with Crippen LogP contribution in [0.25, 0.3) is 101 Å². The lowest BCUT2D eigenvalue weighted by molar-refractivity contribution is 0.619. The fraction of sp³-hybridized carbons (Fsp3) is 0.0566. The molecule has 0 saturated heterocycles. The second-order valence-electron chi connectivity index (χ2n) is 15.4. The van der Waals surface area contributed by atoms with Gasteiger partial charge < -0.3 is 8.83 Å². The van der Waals surface area contributed by atoms with Gasteiger partial charge in [-0.05, 0) is 146 Å². The van der Waals surface area contributed by atoms with Crippen molar-refractivity contribution in [1.29, 1.82) is 0 Å². The van der Waals surface area contributed by atoms with Crippen LogP contribution in [0.2, 0.25) is 0 Å². The molecular formula is C53H36N2O2. The molecule has 0 amide bonds. The Morgan fingerprint density at radius 2 is 0.719 bits per heavy atom. The second kappa shape index (κ2) is 12.9.